The Hall–Kier alpha value is -1.22. The minimum absolute atomic E-state index is 0.0791. The zero-order valence-corrected chi connectivity index (χ0v) is 14.3. The van der Waals surface area contributed by atoms with Crippen LogP contribution in [0, 0.1) is 0 Å². The first kappa shape index (κ1) is 19.8. The summed E-state index contributed by atoms with van der Waals surface area (Å²) in [6, 6.07) is 0. The van der Waals surface area contributed by atoms with E-state index in [1.54, 1.807) is 0 Å². The second-order valence-electron chi connectivity index (χ2n) is 4.03. The Morgan fingerprint density at radius 3 is 1.81 bits per heavy atom. The molecule has 0 aromatic rings. The van der Waals surface area contributed by atoms with Crippen LogP contribution in [0.4, 0.5) is 0 Å². The average Bonchev–Trinajstić information content (AvgIpc) is 2.51. The third-order valence-electron chi connectivity index (χ3n) is 2.50. The molecule has 0 amide bonds. The lowest BCUT2D eigenvalue weighted by atomic mass is 10.4. The van der Waals surface area contributed by atoms with E-state index in [0.717, 1.165) is 6.08 Å². The van der Waals surface area contributed by atoms with Gasteiger partial charge in [0.05, 0.1) is 13.2 Å². The van der Waals surface area contributed by atoms with Gasteiger partial charge in [0, 0.05) is 27.4 Å². The van der Waals surface area contributed by atoms with Crippen LogP contribution in [0.15, 0.2) is 11.3 Å². The van der Waals surface area contributed by atoms with Gasteiger partial charge in [0.1, 0.15) is 5.20 Å². The Morgan fingerprint density at radius 1 is 0.905 bits per heavy atom. The molecule has 0 atom stereocenters. The van der Waals surface area contributed by atoms with Gasteiger partial charge in [0.25, 0.3) is 0 Å². The summed E-state index contributed by atoms with van der Waals surface area (Å²) < 4.78 is 25.7. The Kier molecular flexibility index (Phi) is 9.88. The Bertz CT molecular complexity index is 355. The number of ether oxygens (including phenoxy) is 2. The zero-order valence-electron chi connectivity index (χ0n) is 13.3. The van der Waals surface area contributed by atoms with Gasteiger partial charge < -0.3 is 22.8 Å². The first-order valence-electron chi connectivity index (χ1n) is 6.72. The molecule has 0 saturated heterocycles. The molecule has 0 radical (unpaired) electrons. The molecule has 122 valence electrons. The Morgan fingerprint density at radius 2 is 1.38 bits per heavy atom. The van der Waals surface area contributed by atoms with Crippen molar-refractivity contribution in [3.63, 3.8) is 0 Å². The normalized spacial score (nSPS) is 12.1. The molecule has 8 heteroatoms. The summed E-state index contributed by atoms with van der Waals surface area (Å²) in [6.07, 6.45) is 2.35. The van der Waals surface area contributed by atoms with E-state index >= 15 is 0 Å². The van der Waals surface area contributed by atoms with Crippen LogP contribution in [0.3, 0.4) is 0 Å². The summed E-state index contributed by atoms with van der Waals surface area (Å²) in [5.41, 5.74) is 0. The lowest BCUT2D eigenvalue weighted by molar-refractivity contribution is -0.141. The minimum atomic E-state index is -3.48. The molecule has 0 unspecified atom stereocenters. The maximum atomic E-state index is 12.1. The molecule has 0 heterocycles. The van der Waals surface area contributed by atoms with Gasteiger partial charge in [-0.05, 0) is 12.8 Å². The van der Waals surface area contributed by atoms with Gasteiger partial charge in [-0.1, -0.05) is 13.8 Å². The molecule has 0 N–H and O–H groups in total. The quantitative estimate of drug-likeness (QED) is 0.340. The SMILES string of the molecule is CCCOC(=O)/C=C(\C(=O)OCCC)[Si](OC)(OC)OC. The predicted octanol–water partition coefficient (Wildman–Crippen LogP) is 1.24. The molecule has 7 nitrogen and oxygen atoms in total. The monoisotopic (exact) mass is 320 g/mol. The largest absolute Gasteiger partial charge is 0.544 e. The fourth-order valence-corrected chi connectivity index (χ4v) is 3.26. The number of carbonyl (C=O) groups is 2. The van der Waals surface area contributed by atoms with E-state index in [-0.39, 0.29) is 18.4 Å². The van der Waals surface area contributed by atoms with Gasteiger partial charge in [-0.3, -0.25) is 0 Å². The average molecular weight is 320 g/mol. The second kappa shape index (κ2) is 10.5. The molecule has 0 spiro atoms. The highest BCUT2D eigenvalue weighted by atomic mass is 28.4. The molecular weight excluding hydrogens is 296 g/mol. The fourth-order valence-electron chi connectivity index (χ4n) is 1.49. The topological polar surface area (TPSA) is 80.3 Å². The van der Waals surface area contributed by atoms with Crippen molar-refractivity contribution < 1.29 is 32.3 Å². The van der Waals surface area contributed by atoms with Gasteiger partial charge in [-0.25, -0.2) is 9.59 Å². The zero-order chi connectivity index (χ0) is 16.3. The first-order chi connectivity index (χ1) is 10.0. The summed E-state index contributed by atoms with van der Waals surface area (Å²) in [5.74, 6) is -1.37. The van der Waals surface area contributed by atoms with Crippen LogP contribution in [0.5, 0.6) is 0 Å². The van der Waals surface area contributed by atoms with E-state index < -0.39 is 20.7 Å². The van der Waals surface area contributed by atoms with Crippen molar-refractivity contribution in [2.75, 3.05) is 34.5 Å². The third-order valence-corrected chi connectivity index (χ3v) is 5.12. The van der Waals surface area contributed by atoms with Gasteiger partial charge in [-0.2, -0.15) is 0 Å². The van der Waals surface area contributed by atoms with Crippen molar-refractivity contribution in [2.24, 2.45) is 0 Å². The molecule has 0 fully saturated rings. The van der Waals surface area contributed by atoms with Crippen LogP contribution in [-0.2, 0) is 32.3 Å². The van der Waals surface area contributed by atoms with E-state index in [4.69, 9.17) is 22.8 Å². The van der Waals surface area contributed by atoms with E-state index in [0.29, 0.717) is 12.8 Å². The van der Waals surface area contributed by atoms with Crippen molar-refractivity contribution in [1.82, 2.24) is 0 Å². The maximum absolute atomic E-state index is 12.1. The van der Waals surface area contributed by atoms with Crippen molar-refractivity contribution >= 4 is 20.7 Å². The van der Waals surface area contributed by atoms with Crippen LogP contribution in [0.25, 0.3) is 0 Å². The molecule has 0 aromatic heterocycles. The minimum Gasteiger partial charge on any atom is -0.463 e. The number of hydrogen-bond acceptors (Lipinski definition) is 7. The van der Waals surface area contributed by atoms with Crippen molar-refractivity contribution in [3.8, 4) is 0 Å². The van der Waals surface area contributed by atoms with E-state index in [1.807, 2.05) is 13.8 Å². The molecular formula is C13H24O7Si. The molecule has 21 heavy (non-hydrogen) atoms. The smallest absolute Gasteiger partial charge is 0.463 e. The summed E-state index contributed by atoms with van der Waals surface area (Å²) in [4.78, 5) is 23.9. The molecule has 0 aliphatic carbocycles. The Balaban J connectivity index is 5.39. The molecule has 0 aliphatic heterocycles. The standard InChI is InChI=1S/C13H24O7Si/c1-6-8-19-12(14)10-11(13(15)20-9-7-2)21(16-3,17-4)18-5/h10H,6-9H2,1-5H3/b11-10+. The van der Waals surface area contributed by atoms with Gasteiger partial charge in [0.15, 0.2) is 0 Å². The molecule has 0 aliphatic rings. The van der Waals surface area contributed by atoms with Crippen molar-refractivity contribution in [2.45, 2.75) is 26.7 Å². The van der Waals surface area contributed by atoms with Gasteiger partial charge >= 0.3 is 20.7 Å². The predicted molar refractivity (Wildman–Crippen MR) is 77.4 cm³/mol. The molecule has 0 bridgehead atoms. The second-order valence-corrected chi connectivity index (χ2v) is 6.91. The lowest BCUT2D eigenvalue weighted by Crippen LogP contribution is -2.48. The van der Waals surface area contributed by atoms with Crippen LogP contribution in [0.1, 0.15) is 26.7 Å². The first-order valence-corrected chi connectivity index (χ1v) is 8.45. The summed E-state index contributed by atoms with van der Waals surface area (Å²) in [7, 11) is 0.558. The van der Waals surface area contributed by atoms with Gasteiger partial charge in [-0.15, -0.1) is 0 Å². The summed E-state index contributed by atoms with van der Waals surface area (Å²) in [6.45, 7) is 4.21. The van der Waals surface area contributed by atoms with E-state index in [1.165, 1.54) is 21.3 Å². The molecule has 0 saturated carbocycles. The van der Waals surface area contributed by atoms with Crippen LogP contribution in [0.2, 0.25) is 0 Å². The Labute approximate surface area is 126 Å². The van der Waals surface area contributed by atoms with Crippen LogP contribution >= 0.6 is 0 Å². The van der Waals surface area contributed by atoms with Gasteiger partial charge in [0.2, 0.25) is 0 Å². The maximum Gasteiger partial charge on any atom is 0.544 e. The van der Waals surface area contributed by atoms with Crippen molar-refractivity contribution in [1.29, 1.82) is 0 Å². The van der Waals surface area contributed by atoms with Crippen LogP contribution in [-0.4, -0.2) is 55.3 Å². The van der Waals surface area contributed by atoms with E-state index in [9.17, 15) is 9.59 Å². The summed E-state index contributed by atoms with van der Waals surface area (Å²) in [5, 5.41) is -0.0791. The number of rotatable bonds is 10. The number of carbonyl (C=O) groups excluding carboxylic acids is 2. The highest BCUT2D eigenvalue weighted by Crippen LogP contribution is 2.19. The third kappa shape index (κ3) is 5.96. The number of esters is 2. The van der Waals surface area contributed by atoms with Crippen LogP contribution < -0.4 is 0 Å². The number of hydrogen-bond donors (Lipinski definition) is 0. The van der Waals surface area contributed by atoms with E-state index in [2.05, 4.69) is 0 Å². The fraction of sp³-hybridized carbons (Fsp3) is 0.692. The molecule has 0 aromatic carbocycles. The highest BCUT2D eigenvalue weighted by Gasteiger charge is 2.48. The lowest BCUT2D eigenvalue weighted by Gasteiger charge is -2.25. The molecule has 0 rings (SSSR count). The highest BCUT2D eigenvalue weighted by molar-refractivity contribution is 6.74. The summed E-state index contributed by atoms with van der Waals surface area (Å²) >= 11 is 0. The van der Waals surface area contributed by atoms with Crippen molar-refractivity contribution in [3.05, 3.63) is 11.3 Å².